The molecule has 0 aromatic heterocycles. The van der Waals surface area contributed by atoms with Gasteiger partial charge in [0.2, 0.25) is 5.78 Å². The second-order valence-electron chi connectivity index (χ2n) is 20.0. The molecular formula is C57H124N4O6. The molecule has 6 fully saturated rings. The van der Waals surface area contributed by atoms with E-state index in [1.807, 2.05) is 7.05 Å². The molecule has 67 heavy (non-hydrogen) atoms. The Morgan fingerprint density at radius 2 is 1.27 bits per heavy atom. The molecule has 0 aromatic carbocycles. The van der Waals surface area contributed by atoms with Gasteiger partial charge in [-0.3, -0.25) is 14.9 Å². The fourth-order valence-electron chi connectivity index (χ4n) is 13.2. The zero-order valence-corrected chi connectivity index (χ0v) is 38.4. The number of amides is 1. The Bertz CT molecular complexity index is 1390. The van der Waals surface area contributed by atoms with Gasteiger partial charge in [0, 0.05) is 43.9 Å². The van der Waals surface area contributed by atoms with Crippen LogP contribution in [0.4, 0.5) is 0 Å². The second-order valence-corrected chi connectivity index (χ2v) is 20.0. The van der Waals surface area contributed by atoms with Crippen molar-refractivity contribution in [2.24, 2.45) is 62.4 Å². The fraction of sp³-hybridized carbons (Fsp3) is 0.895. The number of rotatable bonds is 7. The lowest BCUT2D eigenvalue weighted by atomic mass is 9.32. The van der Waals surface area contributed by atoms with Gasteiger partial charge in [0.1, 0.15) is 6.10 Å². The highest BCUT2D eigenvalue weighted by molar-refractivity contribution is 6.32. The third-order valence-corrected chi connectivity index (χ3v) is 15.9. The van der Waals surface area contributed by atoms with Crippen molar-refractivity contribution >= 4 is 23.6 Å². The first-order chi connectivity index (χ1) is 26.8. The number of likely N-dealkylation sites (N-methyl/N-ethyl adjacent to an activating group) is 1. The number of fused-ring (bicyclic) bond motifs is 7. The van der Waals surface area contributed by atoms with Crippen molar-refractivity contribution in [2.45, 2.75) is 234 Å². The van der Waals surface area contributed by atoms with Gasteiger partial charge in [-0.2, -0.15) is 0 Å². The molecule has 0 radical (unpaired) electrons. The summed E-state index contributed by atoms with van der Waals surface area (Å²) in [7, 11) is 1.88. The van der Waals surface area contributed by atoms with E-state index >= 15 is 0 Å². The molecule has 10 unspecified atom stereocenters. The summed E-state index contributed by atoms with van der Waals surface area (Å²) in [6.07, 6.45) is 12.8. The summed E-state index contributed by atoms with van der Waals surface area (Å²) in [6.45, 7) is 32.3. The quantitative estimate of drug-likeness (QED) is 0.129. The zero-order chi connectivity index (χ0) is 43.0. The molecule has 0 aromatic rings. The van der Waals surface area contributed by atoms with Gasteiger partial charge in [-0.05, 0) is 124 Å². The molecule has 6 aliphatic rings. The average Bonchev–Trinajstić information content (AvgIpc) is 3.83. The molecular weight excluding hydrogens is 837 g/mol. The minimum atomic E-state index is -0.706. The summed E-state index contributed by atoms with van der Waals surface area (Å²) in [5.74, 6) is -0.176. The van der Waals surface area contributed by atoms with E-state index in [0.717, 1.165) is 70.9 Å². The summed E-state index contributed by atoms with van der Waals surface area (Å²) >= 11 is 0. The van der Waals surface area contributed by atoms with Crippen LogP contribution in [0.1, 0.15) is 227 Å². The molecule has 1 heterocycles. The third-order valence-electron chi connectivity index (χ3n) is 15.9. The number of allylic oxidation sites excluding steroid dienone is 1. The summed E-state index contributed by atoms with van der Waals surface area (Å²) in [5, 5.41) is 6.01. The average molecular weight is 962 g/mol. The van der Waals surface area contributed by atoms with Crippen molar-refractivity contribution in [2.75, 3.05) is 46.5 Å². The van der Waals surface area contributed by atoms with Crippen LogP contribution in [0.5, 0.6) is 0 Å². The van der Waals surface area contributed by atoms with E-state index in [4.69, 9.17) is 15.2 Å². The molecule has 1 saturated heterocycles. The lowest BCUT2D eigenvalue weighted by molar-refractivity contribution is -0.252. The number of Topliss-reactive ketones (excluding diaryl/α,β-unsaturated/α-hetero) is 1. The molecule has 1 aliphatic heterocycles. The van der Waals surface area contributed by atoms with Crippen molar-refractivity contribution in [1.29, 1.82) is 0 Å². The van der Waals surface area contributed by atoms with E-state index in [0.29, 0.717) is 56.0 Å². The van der Waals surface area contributed by atoms with Gasteiger partial charge in [-0.1, -0.05) is 162 Å². The lowest BCUT2D eigenvalue weighted by Crippen LogP contribution is -2.67. The number of carbonyl (C=O) groups excluding carboxylic acids is 4. The number of ketones is 1. The molecule has 0 spiro atoms. The number of nitrogens with zero attached hydrogens (tertiary/aromatic N) is 1. The Morgan fingerprint density at radius 1 is 0.716 bits per heavy atom. The first kappa shape index (κ1) is 81.7. The van der Waals surface area contributed by atoms with E-state index in [1.165, 1.54) is 31.8 Å². The lowest BCUT2D eigenvalue weighted by Gasteiger charge is -2.73. The Balaban J connectivity index is -0.000000251. The fourth-order valence-corrected chi connectivity index (χ4v) is 13.2. The Hall–Kier alpha value is -2.30. The standard InChI is InChI=1S/C38H58N2O6.C3H10N2.2C3H8.10CH4/c1-23(2)25-11-16-38(21-45-32(43)24(3)41)18-17-36(7)26(30(25)38)9-10-28-35(6)14-13-29(34(4,5)27(35)12-15-37(28,36)8)46-33(44)31(42)40-20-19-39-22-40;1-5-3-2-4;2*1-3-2;;;;;;;;;;/h25-30,39H,1,9-22H2,2-8H3;5H,2-4H2,1H3;2*3H2,1-2H3;10*1H4. The minimum absolute atomic E-state index is 0. The zero-order valence-electron chi connectivity index (χ0n) is 38.4. The van der Waals surface area contributed by atoms with Crippen molar-refractivity contribution in [3.8, 4) is 0 Å². The number of nitrogens with two attached hydrogens (primary N) is 1. The number of nitrogens with one attached hydrogen (secondary N) is 2. The van der Waals surface area contributed by atoms with Crippen LogP contribution in [0.15, 0.2) is 12.2 Å². The highest BCUT2D eigenvalue weighted by Crippen LogP contribution is 2.77. The van der Waals surface area contributed by atoms with E-state index in [-0.39, 0.29) is 107 Å². The predicted octanol–water partition coefficient (Wildman–Crippen LogP) is 14.4. The molecule has 0 bridgehead atoms. The molecule has 5 saturated carbocycles. The van der Waals surface area contributed by atoms with Crippen LogP contribution in [0.25, 0.3) is 0 Å². The number of hydrogen-bond donors (Lipinski definition) is 3. The highest BCUT2D eigenvalue weighted by atomic mass is 16.6. The summed E-state index contributed by atoms with van der Waals surface area (Å²) in [6, 6.07) is 0. The van der Waals surface area contributed by atoms with Crippen LogP contribution in [-0.2, 0) is 28.7 Å². The number of hydrogen-bond acceptors (Lipinski definition) is 9. The number of esters is 2. The third kappa shape index (κ3) is 16.4. The summed E-state index contributed by atoms with van der Waals surface area (Å²) in [5.41, 5.74) is 6.41. The highest BCUT2D eigenvalue weighted by Gasteiger charge is 2.71. The van der Waals surface area contributed by atoms with Crippen molar-refractivity contribution in [3.63, 3.8) is 0 Å². The van der Waals surface area contributed by atoms with Crippen molar-refractivity contribution in [1.82, 2.24) is 15.5 Å². The maximum atomic E-state index is 13.0. The molecule has 6 rings (SSSR count). The van der Waals surface area contributed by atoms with Gasteiger partial charge in [0.05, 0.1) is 13.3 Å². The monoisotopic (exact) mass is 961 g/mol. The van der Waals surface area contributed by atoms with Crippen LogP contribution < -0.4 is 16.4 Å². The van der Waals surface area contributed by atoms with E-state index < -0.39 is 23.6 Å². The maximum Gasteiger partial charge on any atom is 0.397 e. The molecule has 10 atom stereocenters. The van der Waals surface area contributed by atoms with Crippen molar-refractivity contribution < 1.29 is 28.7 Å². The van der Waals surface area contributed by atoms with Crippen molar-refractivity contribution in [3.05, 3.63) is 12.2 Å². The molecule has 5 aliphatic carbocycles. The predicted molar refractivity (Wildman–Crippen MR) is 297 cm³/mol. The summed E-state index contributed by atoms with van der Waals surface area (Å²) in [4.78, 5) is 51.5. The van der Waals surface area contributed by atoms with Gasteiger partial charge in [-0.25, -0.2) is 9.59 Å². The second kappa shape index (κ2) is 34.1. The van der Waals surface area contributed by atoms with Gasteiger partial charge in [-0.15, -0.1) is 0 Å². The Labute approximate surface area is 421 Å². The van der Waals surface area contributed by atoms with Gasteiger partial charge in [0.25, 0.3) is 0 Å². The first-order valence-corrected chi connectivity index (χ1v) is 22.6. The molecule has 10 nitrogen and oxygen atoms in total. The van der Waals surface area contributed by atoms with Gasteiger partial charge in [0.15, 0.2) is 0 Å². The molecule has 10 heteroatoms. The molecule has 408 valence electrons. The van der Waals surface area contributed by atoms with Gasteiger partial charge < -0.3 is 25.4 Å². The summed E-state index contributed by atoms with van der Waals surface area (Å²) < 4.78 is 11.8. The Morgan fingerprint density at radius 3 is 1.72 bits per heavy atom. The number of ether oxygens (including phenoxy) is 2. The van der Waals surface area contributed by atoms with Crippen LogP contribution in [0, 0.1) is 56.7 Å². The van der Waals surface area contributed by atoms with E-state index in [2.05, 4.69) is 86.4 Å². The SMILES string of the molecule is C.C.C.C.C.C.C.C.C.C.C=C(C)C1CCC2(COC(=O)C(C)=O)CCC3(C)C(CCC4C5(C)CCC(OC(=O)C(=O)N6CCNC6)C(C)(C)C5CCC43C)C12.CCC.CCC.CNCCN. The smallest absolute Gasteiger partial charge is 0.397 e. The topological polar surface area (TPSA) is 140 Å². The van der Waals surface area contributed by atoms with Crippen LogP contribution >= 0.6 is 0 Å². The number of carbonyl (C=O) groups is 4. The largest absolute Gasteiger partial charge is 0.459 e. The molecule has 4 N–H and O–H groups in total. The Kier molecular flexibility index (Phi) is 41.6. The van der Waals surface area contributed by atoms with E-state index in [9.17, 15) is 19.2 Å². The van der Waals surface area contributed by atoms with Crippen LogP contribution in [0.3, 0.4) is 0 Å². The van der Waals surface area contributed by atoms with Crippen LogP contribution in [0.2, 0.25) is 0 Å². The van der Waals surface area contributed by atoms with Crippen LogP contribution in [-0.4, -0.2) is 81.1 Å². The minimum Gasteiger partial charge on any atom is -0.459 e. The maximum absolute atomic E-state index is 13.0. The van der Waals surface area contributed by atoms with E-state index in [1.54, 1.807) is 4.90 Å². The normalized spacial score (nSPS) is 31.5. The van der Waals surface area contributed by atoms with Gasteiger partial charge >= 0.3 is 17.8 Å². The first-order valence-electron chi connectivity index (χ1n) is 22.6. The molecule has 1 amide bonds.